The molecule has 2 aromatic rings. The lowest BCUT2D eigenvalue weighted by Crippen LogP contribution is -2.55. The van der Waals surface area contributed by atoms with Gasteiger partial charge in [-0.3, -0.25) is 0 Å². The summed E-state index contributed by atoms with van der Waals surface area (Å²) in [5.41, 5.74) is 1.40. The van der Waals surface area contributed by atoms with Crippen LogP contribution >= 0.6 is 0 Å². The van der Waals surface area contributed by atoms with Crippen LogP contribution in [0.25, 0.3) is 11.0 Å². The van der Waals surface area contributed by atoms with Crippen molar-refractivity contribution >= 4 is 11.0 Å². The molecule has 0 aliphatic heterocycles. The summed E-state index contributed by atoms with van der Waals surface area (Å²) in [7, 11) is 0. The van der Waals surface area contributed by atoms with Gasteiger partial charge in [0.2, 0.25) is 0 Å². The SMILES string of the molecule is C=C1CCC2C(C)(C)[C@H](O)CCC2(C)[C@@H]1COc1ccc2ccc(=O)oc2c1. The van der Waals surface area contributed by atoms with Crippen LogP contribution in [0, 0.1) is 22.7 Å². The number of fused-ring (bicyclic) bond motifs is 2. The van der Waals surface area contributed by atoms with Crippen LogP contribution in [-0.4, -0.2) is 17.8 Å². The van der Waals surface area contributed by atoms with E-state index in [-0.39, 0.29) is 28.5 Å². The molecule has 0 bridgehead atoms. The maximum Gasteiger partial charge on any atom is 0.336 e. The second-order valence-corrected chi connectivity index (χ2v) is 9.45. The van der Waals surface area contributed by atoms with Crippen molar-refractivity contribution < 1.29 is 14.3 Å². The first-order valence-electron chi connectivity index (χ1n) is 10.2. The summed E-state index contributed by atoms with van der Waals surface area (Å²) in [6.07, 6.45) is 3.63. The van der Waals surface area contributed by atoms with Crippen LogP contribution in [0.1, 0.15) is 46.5 Å². The van der Waals surface area contributed by atoms with Gasteiger partial charge in [-0.05, 0) is 60.6 Å². The topological polar surface area (TPSA) is 59.7 Å². The predicted octanol–water partition coefficient (Wildman–Crippen LogP) is 4.94. The molecule has 1 aromatic heterocycles. The quantitative estimate of drug-likeness (QED) is 0.603. The van der Waals surface area contributed by atoms with Gasteiger partial charge in [-0.25, -0.2) is 4.79 Å². The summed E-state index contributed by atoms with van der Waals surface area (Å²) in [5, 5.41) is 11.5. The van der Waals surface area contributed by atoms with Gasteiger partial charge in [-0.1, -0.05) is 32.9 Å². The Labute approximate surface area is 166 Å². The van der Waals surface area contributed by atoms with E-state index in [2.05, 4.69) is 27.4 Å². The average Bonchev–Trinajstić information content (AvgIpc) is 2.64. The molecule has 28 heavy (non-hydrogen) atoms. The number of rotatable bonds is 3. The Balaban J connectivity index is 1.58. The molecule has 1 heterocycles. The highest BCUT2D eigenvalue weighted by Gasteiger charge is 2.56. The van der Waals surface area contributed by atoms with Crippen LogP contribution in [0.5, 0.6) is 5.75 Å². The molecule has 0 saturated heterocycles. The van der Waals surface area contributed by atoms with Gasteiger partial charge >= 0.3 is 5.63 Å². The standard InChI is InChI=1S/C24H30O4/c1-15-5-9-20-23(2,3)21(25)11-12-24(20,4)18(15)14-27-17-8-6-16-7-10-22(26)28-19(16)13-17/h6-8,10,13,18,20-21,25H,1,5,9,11-12,14H2,2-4H3/t18-,20?,21-,24?/m1/s1. The van der Waals surface area contributed by atoms with Crippen molar-refractivity contribution in [2.75, 3.05) is 6.61 Å². The van der Waals surface area contributed by atoms with E-state index >= 15 is 0 Å². The Morgan fingerprint density at radius 2 is 1.96 bits per heavy atom. The average molecular weight is 383 g/mol. The molecule has 2 fully saturated rings. The number of aliphatic hydroxyl groups is 1. The van der Waals surface area contributed by atoms with E-state index in [9.17, 15) is 9.90 Å². The van der Waals surface area contributed by atoms with Crippen molar-refractivity contribution in [3.63, 3.8) is 0 Å². The first-order chi connectivity index (χ1) is 13.2. The Kier molecular flexibility index (Phi) is 4.65. The molecule has 0 radical (unpaired) electrons. The lowest BCUT2D eigenvalue weighted by molar-refractivity contribution is -0.128. The minimum atomic E-state index is -0.358. The third-order valence-electron chi connectivity index (χ3n) is 7.56. The van der Waals surface area contributed by atoms with Gasteiger partial charge in [0.25, 0.3) is 0 Å². The van der Waals surface area contributed by atoms with E-state index in [0.29, 0.717) is 23.9 Å². The maximum atomic E-state index is 11.5. The van der Waals surface area contributed by atoms with Crippen LogP contribution < -0.4 is 10.4 Å². The molecule has 150 valence electrons. The minimum absolute atomic E-state index is 0.0709. The minimum Gasteiger partial charge on any atom is -0.493 e. The maximum absolute atomic E-state index is 11.5. The first-order valence-corrected chi connectivity index (χ1v) is 10.2. The summed E-state index contributed by atoms with van der Waals surface area (Å²) in [5.74, 6) is 1.39. The number of ether oxygens (including phenoxy) is 1. The normalized spacial score (nSPS) is 32.1. The van der Waals surface area contributed by atoms with Crippen molar-refractivity contribution in [2.45, 2.75) is 52.6 Å². The molecule has 4 heteroatoms. The molecule has 2 saturated carbocycles. The van der Waals surface area contributed by atoms with Gasteiger partial charge in [0.05, 0.1) is 12.7 Å². The molecule has 2 aliphatic carbocycles. The molecule has 4 nitrogen and oxygen atoms in total. The molecular formula is C24H30O4. The van der Waals surface area contributed by atoms with Crippen LogP contribution in [0.3, 0.4) is 0 Å². The third-order valence-corrected chi connectivity index (χ3v) is 7.56. The first kappa shape index (κ1) is 19.3. The summed E-state index contributed by atoms with van der Waals surface area (Å²) in [6, 6.07) is 8.80. The molecule has 4 rings (SSSR count). The number of benzene rings is 1. The monoisotopic (exact) mass is 382 g/mol. The third kappa shape index (κ3) is 3.08. The van der Waals surface area contributed by atoms with E-state index in [1.54, 1.807) is 12.1 Å². The molecule has 2 aliphatic rings. The second-order valence-electron chi connectivity index (χ2n) is 9.45. The number of hydrogen-bond donors (Lipinski definition) is 1. The van der Waals surface area contributed by atoms with E-state index in [0.717, 1.165) is 31.1 Å². The fraction of sp³-hybridized carbons (Fsp3) is 0.542. The fourth-order valence-corrected chi connectivity index (χ4v) is 5.78. The smallest absolute Gasteiger partial charge is 0.336 e. The second kappa shape index (κ2) is 6.77. The highest BCUT2D eigenvalue weighted by molar-refractivity contribution is 5.77. The predicted molar refractivity (Wildman–Crippen MR) is 110 cm³/mol. The summed E-state index contributed by atoms with van der Waals surface area (Å²) >= 11 is 0. The van der Waals surface area contributed by atoms with E-state index in [1.165, 1.54) is 11.6 Å². The fourth-order valence-electron chi connectivity index (χ4n) is 5.78. The lowest BCUT2D eigenvalue weighted by atomic mass is 9.47. The Morgan fingerprint density at radius 1 is 1.21 bits per heavy atom. The van der Waals surface area contributed by atoms with Gasteiger partial charge in [0.1, 0.15) is 11.3 Å². The Morgan fingerprint density at radius 3 is 2.75 bits per heavy atom. The molecule has 4 atom stereocenters. The lowest BCUT2D eigenvalue weighted by Gasteiger charge is -2.59. The van der Waals surface area contributed by atoms with Gasteiger partial charge in [0, 0.05) is 23.4 Å². The van der Waals surface area contributed by atoms with Crippen molar-refractivity contribution in [1.29, 1.82) is 0 Å². The molecule has 1 aromatic carbocycles. The molecule has 1 N–H and O–H groups in total. The summed E-state index contributed by atoms with van der Waals surface area (Å²) in [6.45, 7) is 11.7. The molecule has 2 unspecified atom stereocenters. The van der Waals surface area contributed by atoms with Gasteiger partial charge < -0.3 is 14.3 Å². The van der Waals surface area contributed by atoms with E-state index in [1.807, 2.05) is 12.1 Å². The van der Waals surface area contributed by atoms with Crippen LogP contribution in [0.4, 0.5) is 0 Å². The van der Waals surface area contributed by atoms with Crippen LogP contribution in [0.2, 0.25) is 0 Å². The zero-order chi connectivity index (χ0) is 20.1. The molecule has 0 amide bonds. The van der Waals surface area contributed by atoms with Crippen molar-refractivity contribution in [3.8, 4) is 5.75 Å². The van der Waals surface area contributed by atoms with Gasteiger partial charge in [0.15, 0.2) is 0 Å². The number of aliphatic hydroxyl groups excluding tert-OH is 1. The largest absolute Gasteiger partial charge is 0.493 e. The summed E-state index contributed by atoms with van der Waals surface area (Å²) in [4.78, 5) is 11.5. The summed E-state index contributed by atoms with van der Waals surface area (Å²) < 4.78 is 11.5. The van der Waals surface area contributed by atoms with Gasteiger partial charge in [-0.15, -0.1) is 0 Å². The zero-order valence-electron chi connectivity index (χ0n) is 17.0. The zero-order valence-corrected chi connectivity index (χ0v) is 17.0. The molecule has 0 spiro atoms. The molecular weight excluding hydrogens is 352 g/mol. The Bertz CT molecular complexity index is 956. The highest BCUT2D eigenvalue weighted by Crippen LogP contribution is 2.60. The van der Waals surface area contributed by atoms with E-state index in [4.69, 9.17) is 9.15 Å². The van der Waals surface area contributed by atoms with Crippen LogP contribution in [-0.2, 0) is 0 Å². The van der Waals surface area contributed by atoms with Crippen molar-refractivity contribution in [3.05, 3.63) is 52.9 Å². The Hall–Kier alpha value is -2.07. The van der Waals surface area contributed by atoms with Crippen molar-refractivity contribution in [2.24, 2.45) is 22.7 Å². The van der Waals surface area contributed by atoms with Crippen LogP contribution in [0.15, 0.2) is 51.7 Å². The van der Waals surface area contributed by atoms with E-state index < -0.39 is 0 Å². The van der Waals surface area contributed by atoms with Gasteiger partial charge in [-0.2, -0.15) is 0 Å². The highest BCUT2D eigenvalue weighted by atomic mass is 16.5. The van der Waals surface area contributed by atoms with Crippen molar-refractivity contribution in [1.82, 2.24) is 0 Å². The number of hydrogen-bond acceptors (Lipinski definition) is 4.